The minimum atomic E-state index is -1.58. The molecular formula is C27H53N7O11. The smallest absolute Gasteiger partial charge is 0.249 e. The van der Waals surface area contributed by atoms with Crippen molar-refractivity contribution in [2.45, 2.75) is 130 Å². The maximum atomic E-state index is 12.8. The summed E-state index contributed by atoms with van der Waals surface area (Å²) in [6.45, 7) is 0.0429. The molecule has 0 aromatic carbocycles. The van der Waals surface area contributed by atoms with Gasteiger partial charge in [0.15, 0.2) is 12.6 Å². The second kappa shape index (κ2) is 16.3. The highest BCUT2D eigenvalue weighted by Gasteiger charge is 2.51. The molecule has 2 aliphatic heterocycles. The van der Waals surface area contributed by atoms with Gasteiger partial charge in [0.25, 0.3) is 0 Å². The number of aliphatic hydroxyl groups excluding tert-OH is 6. The van der Waals surface area contributed by atoms with Crippen LogP contribution >= 0.6 is 0 Å². The first kappa shape index (κ1) is 36.7. The summed E-state index contributed by atoms with van der Waals surface area (Å²) < 4.78 is 23.9. The summed E-state index contributed by atoms with van der Waals surface area (Å²) in [6, 6.07) is -3.49. The molecule has 0 aromatic heterocycles. The topological polar surface area (TPSA) is 330 Å². The number of nitrogens with one attached hydrogen (secondary N) is 2. The van der Waals surface area contributed by atoms with E-state index in [0.717, 1.165) is 12.8 Å². The largest absolute Gasteiger partial charge is 0.394 e. The fourth-order valence-electron chi connectivity index (χ4n) is 6.52. The molecule has 18 heteroatoms. The minimum absolute atomic E-state index is 0.0118. The van der Waals surface area contributed by atoms with Gasteiger partial charge in [-0.2, -0.15) is 0 Å². The quantitative estimate of drug-likeness (QED) is 0.0879. The van der Waals surface area contributed by atoms with E-state index in [1.807, 2.05) is 0 Å². The summed E-state index contributed by atoms with van der Waals surface area (Å²) in [5, 5.41) is 69.2. The van der Waals surface area contributed by atoms with Gasteiger partial charge in [-0.3, -0.25) is 4.79 Å². The molecule has 4 aliphatic rings. The van der Waals surface area contributed by atoms with E-state index in [1.54, 1.807) is 0 Å². The van der Waals surface area contributed by atoms with Crippen LogP contribution in [0.3, 0.4) is 0 Å². The molecule has 45 heavy (non-hydrogen) atoms. The molecule has 4 rings (SSSR count). The number of ether oxygens (including phenoxy) is 4. The van der Waals surface area contributed by atoms with Crippen LogP contribution in [0, 0.1) is 5.92 Å². The molecule has 2 heterocycles. The molecule has 18 nitrogen and oxygen atoms in total. The van der Waals surface area contributed by atoms with Crippen LogP contribution in [0.25, 0.3) is 0 Å². The standard InChI is InChI=1S/C27H53N7O11/c28-2-1-15(36)25(41)34-13-5-12(31)23(22(40)24(13)45-27-21(39)19(32)20(38)18(9-35)43-27)44-26-14(6-16(37)17(7-29)42-26)33-8-10-3-11(30)4-10/h10-24,26-27,33,35-40H,1-9,28-32H2,(H,34,41)/t10?,11?,12-,13+,14+,15-,16-,17+,18+,19-,20+,21+,22-,23+,24-,26+,27+/m0/s1. The number of rotatable bonds is 13. The van der Waals surface area contributed by atoms with Crippen LogP contribution in [-0.2, 0) is 23.7 Å². The molecule has 0 spiro atoms. The molecule has 2 saturated carbocycles. The van der Waals surface area contributed by atoms with Crippen LogP contribution in [0.4, 0.5) is 0 Å². The van der Waals surface area contributed by atoms with Crippen molar-refractivity contribution in [3.63, 3.8) is 0 Å². The van der Waals surface area contributed by atoms with Crippen molar-refractivity contribution >= 4 is 5.91 Å². The number of carbonyl (C=O) groups excluding carboxylic acids is 1. The Morgan fingerprint density at radius 1 is 0.867 bits per heavy atom. The Labute approximate surface area is 261 Å². The van der Waals surface area contributed by atoms with Crippen molar-refractivity contribution in [3.8, 4) is 0 Å². The van der Waals surface area contributed by atoms with E-state index in [-0.39, 0.29) is 38.4 Å². The summed E-state index contributed by atoms with van der Waals surface area (Å²) >= 11 is 0. The van der Waals surface area contributed by atoms with Gasteiger partial charge in [-0.1, -0.05) is 0 Å². The number of carbonyl (C=O) groups is 1. The zero-order valence-electron chi connectivity index (χ0n) is 25.3. The van der Waals surface area contributed by atoms with Gasteiger partial charge in [-0.05, 0) is 51.1 Å². The normalized spacial score (nSPS) is 46.3. The van der Waals surface area contributed by atoms with Crippen molar-refractivity contribution in [2.24, 2.45) is 34.6 Å². The Kier molecular flexibility index (Phi) is 13.3. The molecule has 0 bridgehead atoms. The Bertz CT molecular complexity index is 938. The maximum Gasteiger partial charge on any atom is 0.249 e. The van der Waals surface area contributed by atoms with E-state index in [1.165, 1.54) is 0 Å². The van der Waals surface area contributed by atoms with Gasteiger partial charge in [0.1, 0.15) is 42.7 Å². The van der Waals surface area contributed by atoms with Gasteiger partial charge in [0.05, 0.1) is 36.9 Å². The molecule has 18 N–H and O–H groups in total. The Morgan fingerprint density at radius 2 is 1.53 bits per heavy atom. The molecular weight excluding hydrogens is 598 g/mol. The first-order chi connectivity index (χ1) is 21.4. The van der Waals surface area contributed by atoms with Crippen molar-refractivity contribution in [1.29, 1.82) is 0 Å². The monoisotopic (exact) mass is 651 g/mol. The van der Waals surface area contributed by atoms with Crippen LogP contribution in [0.2, 0.25) is 0 Å². The van der Waals surface area contributed by atoms with E-state index >= 15 is 0 Å². The Morgan fingerprint density at radius 3 is 2.16 bits per heavy atom. The first-order valence-corrected chi connectivity index (χ1v) is 15.7. The van der Waals surface area contributed by atoms with Crippen molar-refractivity contribution in [1.82, 2.24) is 10.6 Å². The van der Waals surface area contributed by atoms with Crippen molar-refractivity contribution in [3.05, 3.63) is 0 Å². The molecule has 0 aromatic rings. The summed E-state index contributed by atoms with van der Waals surface area (Å²) in [6.07, 6.45) is -11.8. The molecule has 2 aliphatic carbocycles. The summed E-state index contributed by atoms with van der Waals surface area (Å²) in [5.41, 5.74) is 29.7. The SMILES string of the molecule is NCC[C@H](O)C(=O)N[C@@H]1C[C@H](N)[C@@H](O[C@H]2O[C@H](CN)[C@@H](O)C[C@H]2NCC2CC(N)C2)[C@H](O)[C@H]1O[C@H]1O[C@H](CO)[C@@H](O)[C@H](N)[C@H]1O. The predicted molar refractivity (Wildman–Crippen MR) is 157 cm³/mol. The highest BCUT2D eigenvalue weighted by atomic mass is 16.7. The van der Waals surface area contributed by atoms with E-state index in [2.05, 4.69) is 10.6 Å². The summed E-state index contributed by atoms with van der Waals surface area (Å²) in [7, 11) is 0. The van der Waals surface area contributed by atoms with Crippen molar-refractivity contribution in [2.75, 3.05) is 26.2 Å². The van der Waals surface area contributed by atoms with E-state index in [4.69, 9.17) is 47.6 Å². The average molecular weight is 652 g/mol. The van der Waals surface area contributed by atoms with E-state index < -0.39 is 104 Å². The highest BCUT2D eigenvalue weighted by molar-refractivity contribution is 5.80. The lowest BCUT2D eigenvalue weighted by Gasteiger charge is -2.49. The number of amides is 1. The summed E-state index contributed by atoms with van der Waals surface area (Å²) in [4.78, 5) is 12.8. The van der Waals surface area contributed by atoms with Gasteiger partial charge < -0.3 is 88.9 Å². The number of aliphatic hydroxyl groups is 6. The molecule has 4 fully saturated rings. The summed E-state index contributed by atoms with van der Waals surface area (Å²) in [5.74, 6) is -0.419. The second-order valence-electron chi connectivity index (χ2n) is 12.8. The lowest BCUT2D eigenvalue weighted by Crippen LogP contribution is -2.69. The Balaban J connectivity index is 1.54. The van der Waals surface area contributed by atoms with E-state index in [0.29, 0.717) is 12.5 Å². The fourth-order valence-corrected chi connectivity index (χ4v) is 6.52. The average Bonchev–Trinajstić information content (AvgIpc) is 2.99. The molecule has 2 saturated heterocycles. The third-order valence-corrected chi connectivity index (χ3v) is 9.34. The van der Waals surface area contributed by atoms with Gasteiger partial charge in [0, 0.05) is 18.6 Å². The zero-order valence-corrected chi connectivity index (χ0v) is 25.3. The predicted octanol–water partition coefficient (Wildman–Crippen LogP) is -7.06. The lowest BCUT2D eigenvalue weighted by atomic mass is 9.80. The lowest BCUT2D eigenvalue weighted by molar-refractivity contribution is -0.316. The van der Waals surface area contributed by atoms with Gasteiger partial charge in [0.2, 0.25) is 5.91 Å². The van der Waals surface area contributed by atoms with Gasteiger partial charge >= 0.3 is 0 Å². The van der Waals surface area contributed by atoms with Crippen LogP contribution in [-0.4, -0.2) is 161 Å². The molecule has 1 amide bonds. The van der Waals surface area contributed by atoms with Crippen LogP contribution in [0.15, 0.2) is 0 Å². The molecule has 0 radical (unpaired) electrons. The molecule has 0 unspecified atom stereocenters. The highest BCUT2D eigenvalue weighted by Crippen LogP contribution is 2.32. The third kappa shape index (κ3) is 8.65. The van der Waals surface area contributed by atoms with Crippen molar-refractivity contribution < 1.29 is 54.4 Å². The third-order valence-electron chi connectivity index (χ3n) is 9.34. The van der Waals surface area contributed by atoms with E-state index in [9.17, 15) is 35.4 Å². The Hall–Kier alpha value is -1.17. The molecule has 262 valence electrons. The minimum Gasteiger partial charge on any atom is -0.394 e. The number of nitrogens with two attached hydrogens (primary N) is 5. The maximum absolute atomic E-state index is 12.8. The first-order valence-electron chi connectivity index (χ1n) is 15.7. The van der Waals surface area contributed by atoms with Crippen LogP contribution < -0.4 is 39.3 Å². The fraction of sp³-hybridized carbons (Fsp3) is 0.963. The van der Waals surface area contributed by atoms with Crippen LogP contribution in [0.5, 0.6) is 0 Å². The number of hydrogen-bond donors (Lipinski definition) is 13. The second-order valence-corrected chi connectivity index (χ2v) is 12.8. The zero-order chi connectivity index (χ0) is 33.0. The van der Waals surface area contributed by atoms with Crippen LogP contribution in [0.1, 0.15) is 32.1 Å². The number of hydrogen-bond acceptors (Lipinski definition) is 17. The van der Waals surface area contributed by atoms with Gasteiger partial charge in [-0.25, -0.2) is 0 Å². The molecule has 15 atom stereocenters. The van der Waals surface area contributed by atoms with Gasteiger partial charge in [-0.15, -0.1) is 0 Å².